The minimum Gasteiger partial charge on any atom is -0.365 e. The zero-order valence-corrected chi connectivity index (χ0v) is 13.2. The SMILES string of the molecule is CN(CC(=O)N/N=C/c1cccc(Br)c1)c1ccccc1. The van der Waals surface area contributed by atoms with Crippen LogP contribution in [0.2, 0.25) is 0 Å². The first kappa shape index (κ1) is 15.3. The first-order valence-corrected chi connectivity index (χ1v) is 7.28. The molecule has 0 unspecified atom stereocenters. The standard InChI is InChI=1S/C16H16BrN3O/c1-20(15-8-3-2-4-9-15)12-16(21)19-18-11-13-6-5-7-14(17)10-13/h2-11H,12H2,1H3,(H,19,21)/b18-11+. The molecule has 0 radical (unpaired) electrons. The van der Waals surface area contributed by atoms with E-state index >= 15 is 0 Å². The highest BCUT2D eigenvalue weighted by atomic mass is 79.9. The molecule has 2 aromatic rings. The molecule has 0 aliphatic carbocycles. The molecule has 0 fully saturated rings. The molecule has 0 heterocycles. The molecule has 0 saturated carbocycles. The average molecular weight is 346 g/mol. The van der Waals surface area contributed by atoms with Gasteiger partial charge in [0.1, 0.15) is 0 Å². The van der Waals surface area contributed by atoms with Gasteiger partial charge in [-0.3, -0.25) is 4.79 Å². The van der Waals surface area contributed by atoms with Gasteiger partial charge in [-0.05, 0) is 29.8 Å². The molecule has 1 N–H and O–H groups in total. The normalized spacial score (nSPS) is 10.6. The Bertz CT molecular complexity index is 628. The fraction of sp³-hybridized carbons (Fsp3) is 0.125. The van der Waals surface area contributed by atoms with Crippen LogP contribution in [0.5, 0.6) is 0 Å². The van der Waals surface area contributed by atoms with Crippen LogP contribution in [-0.2, 0) is 4.79 Å². The molecule has 0 saturated heterocycles. The molecule has 5 heteroatoms. The summed E-state index contributed by atoms with van der Waals surface area (Å²) in [6, 6.07) is 17.4. The minimum atomic E-state index is -0.160. The molecular formula is C16H16BrN3O. The molecule has 2 aromatic carbocycles. The number of halogens is 1. The number of carbonyl (C=O) groups excluding carboxylic acids is 1. The van der Waals surface area contributed by atoms with Crippen LogP contribution < -0.4 is 10.3 Å². The molecule has 4 nitrogen and oxygen atoms in total. The van der Waals surface area contributed by atoms with Crippen molar-refractivity contribution in [3.8, 4) is 0 Å². The number of para-hydroxylation sites is 1. The van der Waals surface area contributed by atoms with Crippen molar-refractivity contribution < 1.29 is 4.79 Å². The number of anilines is 1. The lowest BCUT2D eigenvalue weighted by molar-refractivity contribution is -0.119. The summed E-state index contributed by atoms with van der Waals surface area (Å²) in [7, 11) is 1.87. The van der Waals surface area contributed by atoms with E-state index in [1.54, 1.807) is 6.21 Å². The van der Waals surface area contributed by atoms with E-state index in [0.29, 0.717) is 0 Å². The maximum absolute atomic E-state index is 11.8. The molecule has 1 amide bonds. The summed E-state index contributed by atoms with van der Waals surface area (Å²) in [5.41, 5.74) is 4.43. The number of rotatable bonds is 5. The molecule has 0 bridgehead atoms. The van der Waals surface area contributed by atoms with Gasteiger partial charge in [0.15, 0.2) is 0 Å². The van der Waals surface area contributed by atoms with Gasteiger partial charge >= 0.3 is 0 Å². The number of benzene rings is 2. The van der Waals surface area contributed by atoms with Crippen molar-refractivity contribution in [2.24, 2.45) is 5.10 Å². The second-order valence-electron chi connectivity index (χ2n) is 4.54. The van der Waals surface area contributed by atoms with Crippen molar-refractivity contribution in [3.63, 3.8) is 0 Å². The molecule has 0 atom stereocenters. The number of carbonyl (C=O) groups is 1. The van der Waals surface area contributed by atoms with Gasteiger partial charge in [-0.1, -0.05) is 46.3 Å². The van der Waals surface area contributed by atoms with Crippen LogP contribution in [0.15, 0.2) is 64.2 Å². The van der Waals surface area contributed by atoms with Gasteiger partial charge in [0, 0.05) is 17.2 Å². The Morgan fingerprint density at radius 1 is 1.24 bits per heavy atom. The lowest BCUT2D eigenvalue weighted by Gasteiger charge is -2.17. The van der Waals surface area contributed by atoms with E-state index in [4.69, 9.17) is 0 Å². The van der Waals surface area contributed by atoms with Crippen molar-refractivity contribution in [1.82, 2.24) is 5.43 Å². The third-order valence-corrected chi connectivity index (χ3v) is 3.32. The van der Waals surface area contributed by atoms with E-state index in [0.717, 1.165) is 15.7 Å². The van der Waals surface area contributed by atoms with Crippen LogP contribution in [0.25, 0.3) is 0 Å². The smallest absolute Gasteiger partial charge is 0.259 e. The Balaban J connectivity index is 1.85. The Morgan fingerprint density at radius 2 is 2.00 bits per heavy atom. The van der Waals surface area contributed by atoms with Gasteiger partial charge in [-0.2, -0.15) is 5.10 Å². The van der Waals surface area contributed by atoms with Crippen molar-refractivity contribution in [2.45, 2.75) is 0 Å². The Hall–Kier alpha value is -2.14. The third-order valence-electron chi connectivity index (χ3n) is 2.83. The van der Waals surface area contributed by atoms with Gasteiger partial charge in [0.25, 0.3) is 5.91 Å². The van der Waals surface area contributed by atoms with Crippen molar-refractivity contribution >= 4 is 33.7 Å². The van der Waals surface area contributed by atoms with E-state index < -0.39 is 0 Å². The summed E-state index contributed by atoms with van der Waals surface area (Å²) < 4.78 is 0.974. The fourth-order valence-electron chi connectivity index (χ4n) is 1.79. The number of hydrogen-bond acceptors (Lipinski definition) is 3. The highest BCUT2D eigenvalue weighted by Gasteiger charge is 2.05. The number of nitrogens with one attached hydrogen (secondary N) is 1. The molecule has 0 aromatic heterocycles. The molecule has 2 rings (SSSR count). The Morgan fingerprint density at radius 3 is 2.71 bits per heavy atom. The Labute approximate surface area is 132 Å². The van der Waals surface area contributed by atoms with Crippen LogP contribution in [0.4, 0.5) is 5.69 Å². The first-order chi connectivity index (χ1) is 10.1. The largest absolute Gasteiger partial charge is 0.365 e. The maximum atomic E-state index is 11.8. The van der Waals surface area contributed by atoms with Crippen LogP contribution in [0, 0.1) is 0 Å². The summed E-state index contributed by atoms with van der Waals surface area (Å²) in [5.74, 6) is -0.160. The first-order valence-electron chi connectivity index (χ1n) is 6.49. The summed E-state index contributed by atoms with van der Waals surface area (Å²) >= 11 is 3.39. The zero-order chi connectivity index (χ0) is 15.1. The van der Waals surface area contributed by atoms with Gasteiger partial charge in [-0.25, -0.2) is 5.43 Å². The Kier molecular flexibility index (Phi) is 5.51. The number of hydrogen-bond donors (Lipinski definition) is 1. The second-order valence-corrected chi connectivity index (χ2v) is 5.46. The monoisotopic (exact) mass is 345 g/mol. The van der Waals surface area contributed by atoms with Gasteiger partial charge in [0.2, 0.25) is 0 Å². The van der Waals surface area contributed by atoms with Crippen LogP contribution in [0.3, 0.4) is 0 Å². The predicted molar refractivity (Wildman–Crippen MR) is 89.6 cm³/mol. The van der Waals surface area contributed by atoms with E-state index in [-0.39, 0.29) is 12.5 Å². The number of amides is 1. The van der Waals surface area contributed by atoms with E-state index in [9.17, 15) is 4.79 Å². The van der Waals surface area contributed by atoms with Crippen molar-refractivity contribution in [2.75, 3.05) is 18.5 Å². The third kappa shape index (κ3) is 5.04. The summed E-state index contributed by atoms with van der Waals surface area (Å²) in [5, 5.41) is 3.96. The summed E-state index contributed by atoms with van der Waals surface area (Å²) in [6.45, 7) is 0.250. The zero-order valence-electron chi connectivity index (χ0n) is 11.7. The quantitative estimate of drug-likeness (QED) is 0.668. The summed E-state index contributed by atoms with van der Waals surface area (Å²) in [6.07, 6.45) is 1.62. The van der Waals surface area contributed by atoms with Crippen molar-refractivity contribution in [1.29, 1.82) is 0 Å². The van der Waals surface area contributed by atoms with Gasteiger partial charge < -0.3 is 4.90 Å². The lowest BCUT2D eigenvalue weighted by Crippen LogP contribution is -2.32. The molecule has 0 spiro atoms. The predicted octanol–water partition coefficient (Wildman–Crippen LogP) is 3.04. The number of nitrogens with zero attached hydrogens (tertiary/aromatic N) is 2. The maximum Gasteiger partial charge on any atom is 0.259 e. The van der Waals surface area contributed by atoms with E-state index in [1.165, 1.54) is 0 Å². The van der Waals surface area contributed by atoms with E-state index in [1.807, 2.05) is 66.5 Å². The highest BCUT2D eigenvalue weighted by molar-refractivity contribution is 9.10. The topological polar surface area (TPSA) is 44.7 Å². The average Bonchev–Trinajstić information content (AvgIpc) is 2.48. The summed E-state index contributed by atoms with van der Waals surface area (Å²) in [4.78, 5) is 13.7. The van der Waals surface area contributed by atoms with Crippen LogP contribution in [-0.4, -0.2) is 25.7 Å². The molecule has 0 aliphatic heterocycles. The van der Waals surface area contributed by atoms with E-state index in [2.05, 4.69) is 26.5 Å². The lowest BCUT2D eigenvalue weighted by atomic mass is 10.2. The molecule has 0 aliphatic rings. The van der Waals surface area contributed by atoms with Crippen molar-refractivity contribution in [3.05, 3.63) is 64.6 Å². The fourth-order valence-corrected chi connectivity index (χ4v) is 2.21. The molecule has 108 valence electrons. The van der Waals surface area contributed by atoms with Gasteiger partial charge in [-0.15, -0.1) is 0 Å². The number of likely N-dealkylation sites (N-methyl/N-ethyl adjacent to an activating group) is 1. The molecular weight excluding hydrogens is 330 g/mol. The molecule has 21 heavy (non-hydrogen) atoms. The van der Waals surface area contributed by atoms with Gasteiger partial charge in [0.05, 0.1) is 12.8 Å². The minimum absolute atomic E-state index is 0.160. The highest BCUT2D eigenvalue weighted by Crippen LogP contribution is 2.10. The van der Waals surface area contributed by atoms with Crippen LogP contribution >= 0.6 is 15.9 Å². The second kappa shape index (κ2) is 7.59. The number of hydrazone groups is 1. The van der Waals surface area contributed by atoms with Crippen LogP contribution in [0.1, 0.15) is 5.56 Å².